The van der Waals surface area contributed by atoms with E-state index in [9.17, 15) is 4.79 Å². The lowest BCUT2D eigenvalue weighted by Crippen LogP contribution is -2.38. The fourth-order valence-electron chi connectivity index (χ4n) is 2.06. The minimum absolute atomic E-state index is 0.110. The summed E-state index contributed by atoms with van der Waals surface area (Å²) in [4.78, 5) is 18.1. The molecule has 16 heavy (non-hydrogen) atoms. The number of nitrogens with one attached hydrogen (secondary N) is 1. The van der Waals surface area contributed by atoms with Crippen LogP contribution < -0.4 is 5.32 Å². The van der Waals surface area contributed by atoms with Gasteiger partial charge in [-0.15, -0.1) is 0 Å². The lowest BCUT2D eigenvalue weighted by Gasteiger charge is -2.28. The molecule has 0 saturated carbocycles. The number of rotatable bonds is 2. The first kappa shape index (κ1) is 11.1. The van der Waals surface area contributed by atoms with E-state index in [4.69, 9.17) is 0 Å². The molecule has 0 radical (unpaired) electrons. The van der Waals surface area contributed by atoms with E-state index in [0.29, 0.717) is 0 Å². The smallest absolute Gasteiger partial charge is 0.228 e. The second-order valence-electron chi connectivity index (χ2n) is 4.33. The standard InChI is InChI=1S/C12H17N3O/c1-15-7-3-4-10(9-15)12(16)14-11-5-2-6-13-8-11/h2,5-6,8,10H,3-4,7,9H2,1H3,(H,14,16)/t10-/m1/s1. The minimum Gasteiger partial charge on any atom is -0.324 e. The number of piperidine rings is 1. The van der Waals surface area contributed by atoms with Crippen LogP contribution >= 0.6 is 0 Å². The summed E-state index contributed by atoms with van der Waals surface area (Å²) in [5.74, 6) is 0.221. The Kier molecular flexibility index (Phi) is 3.51. The third kappa shape index (κ3) is 2.79. The van der Waals surface area contributed by atoms with Crippen molar-refractivity contribution in [2.24, 2.45) is 5.92 Å². The first-order valence-corrected chi connectivity index (χ1v) is 5.65. The Labute approximate surface area is 95.7 Å². The molecule has 0 bridgehead atoms. The van der Waals surface area contributed by atoms with Crippen molar-refractivity contribution in [2.75, 3.05) is 25.5 Å². The number of pyridine rings is 1. The molecule has 0 aliphatic carbocycles. The first-order chi connectivity index (χ1) is 7.75. The molecule has 4 heteroatoms. The molecule has 86 valence electrons. The number of carbonyl (C=O) groups excluding carboxylic acids is 1. The van der Waals surface area contributed by atoms with Crippen LogP contribution in [0.4, 0.5) is 5.69 Å². The molecule has 0 aromatic carbocycles. The summed E-state index contributed by atoms with van der Waals surface area (Å²) in [6.45, 7) is 1.95. The number of aromatic nitrogens is 1. The fraction of sp³-hybridized carbons (Fsp3) is 0.500. The molecule has 2 rings (SSSR count). The van der Waals surface area contributed by atoms with Crippen LogP contribution in [0.5, 0.6) is 0 Å². The van der Waals surface area contributed by atoms with Crippen LogP contribution in [0.15, 0.2) is 24.5 Å². The van der Waals surface area contributed by atoms with E-state index < -0.39 is 0 Å². The van der Waals surface area contributed by atoms with Crippen LogP contribution in [0, 0.1) is 5.92 Å². The molecule has 1 aliphatic rings. The zero-order chi connectivity index (χ0) is 11.4. The van der Waals surface area contributed by atoms with Gasteiger partial charge < -0.3 is 10.2 Å². The van der Waals surface area contributed by atoms with E-state index in [1.807, 2.05) is 12.1 Å². The summed E-state index contributed by atoms with van der Waals surface area (Å²) >= 11 is 0. The molecule has 0 spiro atoms. The summed E-state index contributed by atoms with van der Waals surface area (Å²) < 4.78 is 0. The van der Waals surface area contributed by atoms with Crippen LogP contribution in [0.2, 0.25) is 0 Å². The van der Waals surface area contributed by atoms with Crippen LogP contribution in [0.25, 0.3) is 0 Å². The summed E-state index contributed by atoms with van der Waals surface area (Å²) in [6.07, 6.45) is 5.45. The summed E-state index contributed by atoms with van der Waals surface area (Å²) in [5, 5.41) is 2.90. The largest absolute Gasteiger partial charge is 0.324 e. The number of hydrogen-bond acceptors (Lipinski definition) is 3. The fourth-order valence-corrected chi connectivity index (χ4v) is 2.06. The molecular formula is C12H17N3O. The van der Waals surface area contributed by atoms with Crippen molar-refractivity contribution < 1.29 is 4.79 Å². The molecule has 1 aromatic heterocycles. The van der Waals surface area contributed by atoms with E-state index in [0.717, 1.165) is 31.6 Å². The van der Waals surface area contributed by atoms with Gasteiger partial charge in [-0.05, 0) is 38.6 Å². The summed E-state index contributed by atoms with van der Waals surface area (Å²) in [6, 6.07) is 3.68. The topological polar surface area (TPSA) is 45.2 Å². The van der Waals surface area contributed by atoms with Crippen LogP contribution in [0.3, 0.4) is 0 Å². The molecule has 1 atom stereocenters. The number of likely N-dealkylation sites (tertiary alicyclic amines) is 1. The second kappa shape index (κ2) is 5.07. The van der Waals surface area contributed by atoms with Gasteiger partial charge in [0.2, 0.25) is 5.91 Å². The SMILES string of the molecule is CN1CCC[C@@H](C(=O)Nc2cccnc2)C1. The van der Waals surface area contributed by atoms with Crippen molar-refractivity contribution >= 4 is 11.6 Å². The molecule has 1 aliphatic heterocycles. The first-order valence-electron chi connectivity index (χ1n) is 5.65. The van der Waals surface area contributed by atoms with E-state index in [1.165, 1.54) is 0 Å². The van der Waals surface area contributed by atoms with E-state index in [2.05, 4.69) is 22.2 Å². The molecule has 0 unspecified atom stereocenters. The molecular weight excluding hydrogens is 202 g/mol. The van der Waals surface area contributed by atoms with E-state index in [-0.39, 0.29) is 11.8 Å². The number of anilines is 1. The van der Waals surface area contributed by atoms with E-state index in [1.54, 1.807) is 12.4 Å². The Morgan fingerprint density at radius 2 is 2.50 bits per heavy atom. The van der Waals surface area contributed by atoms with Crippen molar-refractivity contribution in [3.8, 4) is 0 Å². The van der Waals surface area contributed by atoms with Gasteiger partial charge in [0.05, 0.1) is 17.8 Å². The van der Waals surface area contributed by atoms with Crippen LogP contribution in [-0.4, -0.2) is 35.9 Å². The Morgan fingerprint density at radius 3 is 3.19 bits per heavy atom. The van der Waals surface area contributed by atoms with Gasteiger partial charge in [0, 0.05) is 12.7 Å². The lowest BCUT2D eigenvalue weighted by atomic mass is 9.97. The zero-order valence-electron chi connectivity index (χ0n) is 9.52. The predicted molar refractivity (Wildman–Crippen MR) is 63.1 cm³/mol. The average molecular weight is 219 g/mol. The maximum atomic E-state index is 11.9. The van der Waals surface area contributed by atoms with Gasteiger partial charge in [0.1, 0.15) is 0 Å². The van der Waals surface area contributed by atoms with Gasteiger partial charge in [0.15, 0.2) is 0 Å². The highest BCUT2D eigenvalue weighted by Gasteiger charge is 2.23. The number of nitrogens with zero attached hydrogens (tertiary/aromatic N) is 2. The van der Waals surface area contributed by atoms with Crippen molar-refractivity contribution in [3.05, 3.63) is 24.5 Å². The molecule has 1 amide bonds. The zero-order valence-corrected chi connectivity index (χ0v) is 9.52. The molecule has 4 nitrogen and oxygen atoms in total. The van der Waals surface area contributed by atoms with Gasteiger partial charge in [-0.1, -0.05) is 0 Å². The second-order valence-corrected chi connectivity index (χ2v) is 4.33. The quantitative estimate of drug-likeness (QED) is 0.817. The Morgan fingerprint density at radius 1 is 1.62 bits per heavy atom. The third-order valence-corrected chi connectivity index (χ3v) is 2.92. The lowest BCUT2D eigenvalue weighted by molar-refractivity contribution is -0.121. The van der Waals surface area contributed by atoms with Crippen molar-refractivity contribution in [3.63, 3.8) is 0 Å². The van der Waals surface area contributed by atoms with Crippen molar-refractivity contribution in [1.29, 1.82) is 0 Å². The molecule has 2 heterocycles. The molecule has 1 aromatic rings. The molecule has 1 N–H and O–H groups in total. The highest BCUT2D eigenvalue weighted by atomic mass is 16.1. The van der Waals surface area contributed by atoms with Gasteiger partial charge >= 0.3 is 0 Å². The van der Waals surface area contributed by atoms with Crippen LogP contribution in [-0.2, 0) is 4.79 Å². The molecule has 1 saturated heterocycles. The molecule has 1 fully saturated rings. The van der Waals surface area contributed by atoms with Crippen LogP contribution in [0.1, 0.15) is 12.8 Å². The van der Waals surface area contributed by atoms with Gasteiger partial charge in [-0.2, -0.15) is 0 Å². The number of hydrogen-bond donors (Lipinski definition) is 1. The number of amides is 1. The maximum absolute atomic E-state index is 11.9. The van der Waals surface area contributed by atoms with Crippen molar-refractivity contribution in [2.45, 2.75) is 12.8 Å². The third-order valence-electron chi connectivity index (χ3n) is 2.92. The monoisotopic (exact) mass is 219 g/mol. The Balaban J connectivity index is 1.93. The maximum Gasteiger partial charge on any atom is 0.228 e. The summed E-state index contributed by atoms with van der Waals surface area (Å²) in [7, 11) is 2.06. The van der Waals surface area contributed by atoms with E-state index >= 15 is 0 Å². The average Bonchev–Trinajstić information content (AvgIpc) is 2.30. The van der Waals surface area contributed by atoms with Gasteiger partial charge in [-0.3, -0.25) is 9.78 Å². The minimum atomic E-state index is 0.110. The van der Waals surface area contributed by atoms with Gasteiger partial charge in [-0.25, -0.2) is 0 Å². The predicted octanol–water partition coefficient (Wildman–Crippen LogP) is 1.36. The number of carbonyl (C=O) groups is 1. The highest BCUT2D eigenvalue weighted by Crippen LogP contribution is 2.17. The Hall–Kier alpha value is -1.42. The van der Waals surface area contributed by atoms with Crippen molar-refractivity contribution in [1.82, 2.24) is 9.88 Å². The highest BCUT2D eigenvalue weighted by molar-refractivity contribution is 5.92. The normalized spacial score (nSPS) is 21.7. The summed E-state index contributed by atoms with van der Waals surface area (Å²) in [5.41, 5.74) is 0.778. The Bertz CT molecular complexity index is 353. The van der Waals surface area contributed by atoms with Gasteiger partial charge in [0.25, 0.3) is 0 Å².